The third-order valence-electron chi connectivity index (χ3n) is 3.08. The lowest BCUT2D eigenvalue weighted by atomic mass is 10.2. The van der Waals surface area contributed by atoms with Gasteiger partial charge in [-0.05, 0) is 42.7 Å². The SMILES string of the molecule is CSc1cccc(N/C=C(/C#N)C(=O)Nc2ccc(N)c(Cl)c2)c1. The summed E-state index contributed by atoms with van der Waals surface area (Å²) < 4.78 is 0. The molecule has 4 N–H and O–H groups in total. The summed E-state index contributed by atoms with van der Waals surface area (Å²) in [6.07, 6.45) is 3.34. The minimum absolute atomic E-state index is 0.0579. The molecule has 0 radical (unpaired) electrons. The predicted molar refractivity (Wildman–Crippen MR) is 100 cm³/mol. The maximum Gasteiger partial charge on any atom is 0.267 e. The van der Waals surface area contributed by atoms with Gasteiger partial charge >= 0.3 is 0 Å². The van der Waals surface area contributed by atoms with Gasteiger partial charge in [-0.25, -0.2) is 0 Å². The van der Waals surface area contributed by atoms with Crippen molar-refractivity contribution in [2.45, 2.75) is 4.90 Å². The molecule has 0 aliphatic carbocycles. The number of nitrogens with one attached hydrogen (secondary N) is 2. The number of rotatable bonds is 5. The van der Waals surface area contributed by atoms with Crippen molar-refractivity contribution in [3.8, 4) is 6.07 Å². The zero-order valence-corrected chi connectivity index (χ0v) is 14.4. The van der Waals surface area contributed by atoms with Gasteiger partial charge in [0, 0.05) is 22.5 Å². The van der Waals surface area contributed by atoms with Crippen LogP contribution in [0.1, 0.15) is 0 Å². The van der Waals surface area contributed by atoms with Crippen molar-refractivity contribution in [3.05, 3.63) is 59.3 Å². The molecule has 0 heterocycles. The van der Waals surface area contributed by atoms with E-state index in [1.54, 1.807) is 23.9 Å². The summed E-state index contributed by atoms with van der Waals surface area (Å²) in [7, 11) is 0. The molecular formula is C17H15ClN4OS. The number of halogens is 1. The van der Waals surface area contributed by atoms with Crippen LogP contribution < -0.4 is 16.4 Å². The fraction of sp³-hybridized carbons (Fsp3) is 0.0588. The average Bonchev–Trinajstić information content (AvgIpc) is 2.59. The Labute approximate surface area is 149 Å². The number of nitriles is 1. The number of amides is 1. The first-order valence-electron chi connectivity index (χ1n) is 6.90. The number of benzene rings is 2. The van der Waals surface area contributed by atoms with Gasteiger partial charge in [-0.2, -0.15) is 5.26 Å². The third-order valence-corrected chi connectivity index (χ3v) is 4.13. The van der Waals surface area contributed by atoms with E-state index < -0.39 is 5.91 Å². The highest BCUT2D eigenvalue weighted by Gasteiger charge is 2.10. The van der Waals surface area contributed by atoms with E-state index in [-0.39, 0.29) is 5.57 Å². The number of carbonyl (C=O) groups is 1. The van der Waals surface area contributed by atoms with Crippen molar-refractivity contribution in [2.75, 3.05) is 22.6 Å². The van der Waals surface area contributed by atoms with Crippen LogP contribution in [-0.2, 0) is 4.79 Å². The summed E-state index contributed by atoms with van der Waals surface area (Å²) in [5, 5.41) is 15.1. The lowest BCUT2D eigenvalue weighted by molar-refractivity contribution is -0.112. The fourth-order valence-electron chi connectivity index (χ4n) is 1.82. The number of nitrogens with zero attached hydrogens (tertiary/aromatic N) is 1. The molecule has 0 aliphatic heterocycles. The van der Waals surface area contributed by atoms with Gasteiger partial charge in [0.1, 0.15) is 11.6 Å². The quantitative estimate of drug-likeness (QED) is 0.324. The molecule has 0 bridgehead atoms. The lowest BCUT2D eigenvalue weighted by Gasteiger charge is -2.07. The maximum atomic E-state index is 12.2. The first-order valence-corrected chi connectivity index (χ1v) is 8.51. The number of carbonyl (C=O) groups excluding carboxylic acids is 1. The molecule has 2 aromatic rings. The molecule has 0 fully saturated rings. The molecule has 0 atom stereocenters. The van der Waals surface area contributed by atoms with Crippen LogP contribution >= 0.6 is 23.4 Å². The molecule has 0 spiro atoms. The molecule has 0 aromatic heterocycles. The van der Waals surface area contributed by atoms with Crippen molar-refractivity contribution < 1.29 is 4.79 Å². The highest BCUT2D eigenvalue weighted by atomic mass is 35.5. The molecule has 0 aliphatic rings. The lowest BCUT2D eigenvalue weighted by Crippen LogP contribution is -2.14. The Balaban J connectivity index is 2.10. The van der Waals surface area contributed by atoms with Crippen molar-refractivity contribution in [1.29, 1.82) is 5.26 Å². The summed E-state index contributed by atoms with van der Waals surface area (Å²) in [5.74, 6) is -0.535. The van der Waals surface area contributed by atoms with E-state index in [1.165, 1.54) is 12.3 Å². The zero-order chi connectivity index (χ0) is 17.5. The molecule has 1 amide bonds. The summed E-state index contributed by atoms with van der Waals surface area (Å²) >= 11 is 7.52. The van der Waals surface area contributed by atoms with Crippen molar-refractivity contribution in [1.82, 2.24) is 0 Å². The second-order valence-corrected chi connectivity index (χ2v) is 6.02. The second-order valence-electron chi connectivity index (χ2n) is 4.74. The first kappa shape index (κ1) is 17.7. The van der Waals surface area contributed by atoms with E-state index in [4.69, 9.17) is 17.3 Å². The Morgan fingerprint density at radius 1 is 1.29 bits per heavy atom. The highest BCUT2D eigenvalue weighted by molar-refractivity contribution is 7.98. The average molecular weight is 359 g/mol. The standard InChI is InChI=1S/C17H15ClN4OS/c1-24-14-4-2-3-12(7-14)21-10-11(9-19)17(23)22-13-5-6-16(20)15(18)8-13/h2-8,10,21H,20H2,1H3,(H,22,23)/b11-10-. The largest absolute Gasteiger partial charge is 0.398 e. The Morgan fingerprint density at radius 2 is 2.08 bits per heavy atom. The van der Waals surface area contributed by atoms with Gasteiger partial charge in [-0.1, -0.05) is 17.7 Å². The van der Waals surface area contributed by atoms with Crippen LogP contribution in [0.3, 0.4) is 0 Å². The number of thioether (sulfide) groups is 1. The van der Waals surface area contributed by atoms with Gasteiger partial charge < -0.3 is 16.4 Å². The van der Waals surface area contributed by atoms with Crippen molar-refractivity contribution in [2.24, 2.45) is 0 Å². The number of hydrogen-bond acceptors (Lipinski definition) is 5. The number of anilines is 3. The van der Waals surface area contributed by atoms with Gasteiger partial charge in [0.15, 0.2) is 0 Å². The number of hydrogen-bond donors (Lipinski definition) is 3. The van der Waals surface area contributed by atoms with Crippen molar-refractivity contribution in [3.63, 3.8) is 0 Å². The van der Waals surface area contributed by atoms with Crippen LogP contribution in [0.15, 0.2) is 59.1 Å². The van der Waals surface area contributed by atoms with Gasteiger partial charge in [-0.3, -0.25) is 4.79 Å². The Bertz CT molecular complexity index is 830. The van der Waals surface area contributed by atoms with Crippen molar-refractivity contribution >= 4 is 46.3 Å². The van der Waals surface area contributed by atoms with E-state index >= 15 is 0 Å². The summed E-state index contributed by atoms with van der Waals surface area (Å²) in [6.45, 7) is 0. The molecular weight excluding hydrogens is 344 g/mol. The summed E-state index contributed by atoms with van der Waals surface area (Å²) in [6, 6.07) is 14.2. The zero-order valence-electron chi connectivity index (χ0n) is 12.8. The van der Waals surface area contributed by atoms with Crippen LogP contribution in [0, 0.1) is 11.3 Å². The monoisotopic (exact) mass is 358 g/mol. The van der Waals surface area contributed by atoms with E-state index in [0.29, 0.717) is 16.4 Å². The van der Waals surface area contributed by atoms with E-state index in [1.807, 2.05) is 36.6 Å². The van der Waals surface area contributed by atoms with Crippen LogP contribution in [0.5, 0.6) is 0 Å². The Kier molecular flexibility index (Phi) is 6.13. The smallest absolute Gasteiger partial charge is 0.267 e. The van der Waals surface area contributed by atoms with E-state index in [0.717, 1.165) is 10.6 Å². The summed E-state index contributed by atoms with van der Waals surface area (Å²) in [4.78, 5) is 13.2. The molecule has 122 valence electrons. The van der Waals surface area contributed by atoms with E-state index in [2.05, 4.69) is 10.6 Å². The third kappa shape index (κ3) is 4.69. The topological polar surface area (TPSA) is 90.9 Å². The fourth-order valence-corrected chi connectivity index (χ4v) is 2.46. The predicted octanol–water partition coefficient (Wildman–Crippen LogP) is 4.10. The molecule has 2 rings (SSSR count). The molecule has 0 saturated heterocycles. The first-order chi connectivity index (χ1) is 11.5. The molecule has 2 aromatic carbocycles. The minimum Gasteiger partial charge on any atom is -0.398 e. The molecule has 24 heavy (non-hydrogen) atoms. The van der Waals surface area contributed by atoms with Gasteiger partial charge in [0.2, 0.25) is 0 Å². The second kappa shape index (κ2) is 8.29. The van der Waals surface area contributed by atoms with Gasteiger partial charge in [0.25, 0.3) is 5.91 Å². The minimum atomic E-state index is -0.535. The number of nitrogens with two attached hydrogens (primary N) is 1. The molecule has 5 nitrogen and oxygen atoms in total. The number of nitrogen functional groups attached to an aromatic ring is 1. The molecule has 0 unspecified atom stereocenters. The Morgan fingerprint density at radius 3 is 2.75 bits per heavy atom. The molecule has 7 heteroatoms. The van der Waals surface area contributed by atoms with Gasteiger partial charge in [-0.15, -0.1) is 11.8 Å². The normalized spacial score (nSPS) is 10.8. The van der Waals surface area contributed by atoms with Crippen LogP contribution in [-0.4, -0.2) is 12.2 Å². The Hall–Kier alpha value is -2.62. The maximum absolute atomic E-state index is 12.2. The van der Waals surface area contributed by atoms with Gasteiger partial charge in [0.05, 0.1) is 10.7 Å². The molecule has 0 saturated carbocycles. The van der Waals surface area contributed by atoms with E-state index in [9.17, 15) is 10.1 Å². The summed E-state index contributed by atoms with van der Waals surface area (Å²) in [5.41, 5.74) is 7.23. The highest BCUT2D eigenvalue weighted by Crippen LogP contribution is 2.23. The van der Waals surface area contributed by atoms with Crippen LogP contribution in [0.4, 0.5) is 17.1 Å². The van der Waals surface area contributed by atoms with Crippen LogP contribution in [0.2, 0.25) is 5.02 Å². The van der Waals surface area contributed by atoms with Crippen LogP contribution in [0.25, 0.3) is 0 Å².